The molecular formula is C21H46Ge2O. The van der Waals surface area contributed by atoms with Gasteiger partial charge in [-0.1, -0.05) is 0 Å². The van der Waals surface area contributed by atoms with Crippen LogP contribution in [0.4, 0.5) is 0 Å². The molecule has 0 aliphatic carbocycles. The van der Waals surface area contributed by atoms with Gasteiger partial charge in [-0.15, -0.1) is 0 Å². The van der Waals surface area contributed by atoms with E-state index in [2.05, 4.69) is 69.2 Å². The van der Waals surface area contributed by atoms with Gasteiger partial charge in [-0.25, -0.2) is 0 Å². The second kappa shape index (κ2) is 11.0. The average Bonchev–Trinajstić information content (AvgIpc) is 2.46. The third-order valence-corrected chi connectivity index (χ3v) is 19.2. The van der Waals surface area contributed by atoms with Crippen LogP contribution in [0.25, 0.3) is 0 Å². The molecule has 0 bridgehead atoms. The Kier molecular flexibility index (Phi) is 11.5. The van der Waals surface area contributed by atoms with Crippen LogP contribution in [0.3, 0.4) is 0 Å². The molecule has 0 aliphatic rings. The van der Waals surface area contributed by atoms with Crippen LogP contribution in [0.5, 0.6) is 0 Å². The van der Waals surface area contributed by atoms with E-state index in [1.54, 1.807) is 10.5 Å². The Morgan fingerprint density at radius 1 is 0.667 bits per heavy atom. The zero-order chi connectivity index (χ0) is 19.0. The first-order valence-corrected chi connectivity index (χ1v) is 17.8. The summed E-state index contributed by atoms with van der Waals surface area (Å²) in [4.78, 5) is 0. The SMILES string of the molecule is CC[CH2][Ge]([CH2]CC)[CH2]CC(CC)(CC)[O][Ge]([C](C)(C)C)[C](C)(C)C. The van der Waals surface area contributed by atoms with Crippen molar-refractivity contribution in [2.45, 2.75) is 131 Å². The Morgan fingerprint density at radius 3 is 1.38 bits per heavy atom. The van der Waals surface area contributed by atoms with Crippen LogP contribution in [0.1, 0.15) is 101 Å². The Morgan fingerprint density at radius 2 is 1.08 bits per heavy atom. The summed E-state index contributed by atoms with van der Waals surface area (Å²) in [5, 5.41) is 4.63. The molecule has 2 radical (unpaired) electrons. The van der Waals surface area contributed by atoms with E-state index in [1.165, 1.54) is 37.4 Å². The van der Waals surface area contributed by atoms with E-state index in [0.717, 1.165) is 0 Å². The summed E-state index contributed by atoms with van der Waals surface area (Å²) in [5.74, 6) is 0. The van der Waals surface area contributed by atoms with E-state index < -0.39 is 29.0 Å². The average molecular weight is 460 g/mol. The van der Waals surface area contributed by atoms with Gasteiger partial charge in [0, 0.05) is 0 Å². The molecule has 0 heterocycles. The molecular weight excluding hydrogens is 413 g/mol. The van der Waals surface area contributed by atoms with Gasteiger partial charge in [0.05, 0.1) is 0 Å². The predicted molar refractivity (Wildman–Crippen MR) is 115 cm³/mol. The molecule has 0 aromatic heterocycles. The second-order valence-electron chi connectivity index (χ2n) is 9.57. The van der Waals surface area contributed by atoms with Gasteiger partial charge in [0.15, 0.2) is 0 Å². The quantitative estimate of drug-likeness (QED) is 0.286. The molecule has 0 saturated carbocycles. The van der Waals surface area contributed by atoms with Crippen molar-refractivity contribution in [2.24, 2.45) is 0 Å². The minimum atomic E-state index is -1.68. The molecule has 1 nitrogen and oxygen atoms in total. The maximum absolute atomic E-state index is 7.17. The van der Waals surface area contributed by atoms with Gasteiger partial charge in [-0.05, 0) is 0 Å². The monoisotopic (exact) mass is 462 g/mol. The Labute approximate surface area is 163 Å². The summed E-state index contributed by atoms with van der Waals surface area (Å²) in [6.45, 7) is 24.0. The van der Waals surface area contributed by atoms with E-state index in [4.69, 9.17) is 3.76 Å². The van der Waals surface area contributed by atoms with Crippen molar-refractivity contribution >= 4 is 29.0 Å². The van der Waals surface area contributed by atoms with Gasteiger partial charge in [-0.3, -0.25) is 0 Å². The van der Waals surface area contributed by atoms with Crippen molar-refractivity contribution in [3.63, 3.8) is 0 Å². The zero-order valence-corrected chi connectivity index (χ0v) is 22.8. The van der Waals surface area contributed by atoms with Gasteiger partial charge >= 0.3 is 164 Å². The standard InChI is InChI=1S/C21H46Ge2O/c1-11-16-22(17-12-2)18-15-21(13-3,14-4)24-23(19(5,6)7)20(8,9)10/h11-18H2,1-10H3. The van der Waals surface area contributed by atoms with Crippen LogP contribution in [-0.4, -0.2) is 34.6 Å². The Bertz CT molecular complexity index is 304. The summed E-state index contributed by atoms with van der Waals surface area (Å²) in [6, 6.07) is 0. The second-order valence-corrected chi connectivity index (χ2v) is 24.0. The number of hydrogen-bond donors (Lipinski definition) is 0. The molecule has 24 heavy (non-hydrogen) atoms. The summed E-state index contributed by atoms with van der Waals surface area (Å²) >= 11 is -2.52. The molecule has 0 saturated heterocycles. The fourth-order valence-electron chi connectivity index (χ4n) is 3.93. The predicted octanol–water partition coefficient (Wildman–Crippen LogP) is 7.86. The van der Waals surface area contributed by atoms with Crippen LogP contribution in [-0.2, 0) is 3.76 Å². The number of rotatable bonds is 11. The molecule has 0 atom stereocenters. The normalized spacial score (nSPS) is 14.0. The van der Waals surface area contributed by atoms with Gasteiger partial charge in [0.1, 0.15) is 0 Å². The first-order valence-electron chi connectivity index (χ1n) is 10.4. The molecule has 0 aromatic rings. The zero-order valence-electron chi connectivity index (χ0n) is 18.6. The van der Waals surface area contributed by atoms with Crippen molar-refractivity contribution in [1.29, 1.82) is 0 Å². The van der Waals surface area contributed by atoms with Crippen molar-refractivity contribution in [2.75, 3.05) is 0 Å². The van der Waals surface area contributed by atoms with Crippen LogP contribution >= 0.6 is 0 Å². The van der Waals surface area contributed by atoms with Crippen LogP contribution < -0.4 is 0 Å². The first kappa shape index (κ1) is 25.0. The van der Waals surface area contributed by atoms with Crippen molar-refractivity contribution in [3.05, 3.63) is 0 Å². The fraction of sp³-hybridized carbons (Fsp3) is 1.00. The molecule has 0 N–H and O–H groups in total. The Balaban J connectivity index is 5.21. The third-order valence-electron chi connectivity index (χ3n) is 5.11. The third kappa shape index (κ3) is 8.62. The van der Waals surface area contributed by atoms with E-state index in [9.17, 15) is 0 Å². The molecule has 0 rings (SSSR count). The van der Waals surface area contributed by atoms with Crippen LogP contribution in [0, 0.1) is 0 Å². The molecule has 144 valence electrons. The molecule has 0 aliphatic heterocycles. The van der Waals surface area contributed by atoms with E-state index in [0.29, 0.717) is 8.49 Å². The summed E-state index contributed by atoms with van der Waals surface area (Å²) in [6.07, 6.45) is 6.50. The van der Waals surface area contributed by atoms with E-state index in [1.807, 2.05) is 0 Å². The summed E-state index contributed by atoms with van der Waals surface area (Å²) in [7, 11) is 0. The van der Waals surface area contributed by atoms with Crippen molar-refractivity contribution < 1.29 is 3.76 Å². The molecule has 0 amide bonds. The molecule has 0 unspecified atom stereocenters. The van der Waals surface area contributed by atoms with Gasteiger partial charge in [0.25, 0.3) is 0 Å². The van der Waals surface area contributed by atoms with Crippen LogP contribution in [0.2, 0.25) is 24.3 Å². The van der Waals surface area contributed by atoms with Crippen molar-refractivity contribution in [3.8, 4) is 0 Å². The molecule has 0 fully saturated rings. The van der Waals surface area contributed by atoms with Gasteiger partial charge < -0.3 is 0 Å². The topological polar surface area (TPSA) is 9.23 Å². The van der Waals surface area contributed by atoms with E-state index >= 15 is 0 Å². The molecule has 0 spiro atoms. The number of hydrogen-bond acceptors (Lipinski definition) is 1. The molecule has 3 heteroatoms. The van der Waals surface area contributed by atoms with E-state index in [-0.39, 0.29) is 5.60 Å². The van der Waals surface area contributed by atoms with Gasteiger partial charge in [0.2, 0.25) is 0 Å². The minimum absolute atomic E-state index is 0.162. The summed E-state index contributed by atoms with van der Waals surface area (Å²) in [5.41, 5.74) is 0.162. The van der Waals surface area contributed by atoms with Crippen LogP contribution in [0.15, 0.2) is 0 Å². The maximum atomic E-state index is 7.17. The fourth-order valence-corrected chi connectivity index (χ4v) is 17.9. The summed E-state index contributed by atoms with van der Waals surface area (Å²) < 4.78 is 7.86. The first-order chi connectivity index (χ1) is 11.0. The molecule has 0 aromatic carbocycles. The Hall–Kier alpha value is 1.05. The van der Waals surface area contributed by atoms with Gasteiger partial charge in [-0.2, -0.15) is 0 Å². The van der Waals surface area contributed by atoms with Crippen molar-refractivity contribution in [1.82, 2.24) is 0 Å².